The maximum Gasteiger partial charge on any atom is 0.271 e. The monoisotopic (exact) mass is 288 g/mol. The predicted octanol–water partition coefficient (Wildman–Crippen LogP) is 1.45. The molecule has 106 valence electrons. The van der Waals surface area contributed by atoms with Gasteiger partial charge < -0.3 is 10.1 Å². The lowest BCUT2D eigenvalue weighted by Crippen LogP contribution is -2.25. The second-order valence-corrected chi connectivity index (χ2v) is 6.46. The standard InChI is InChI=1S/C11H16N2O5S/c1-8(7-19(3,16)17)12-10-6-9(13(14)15)4-5-11(10)18-2/h4-6,8,12H,7H2,1-3H3. The van der Waals surface area contributed by atoms with Crippen LogP contribution in [0.15, 0.2) is 18.2 Å². The summed E-state index contributed by atoms with van der Waals surface area (Å²) in [4.78, 5) is 10.2. The van der Waals surface area contributed by atoms with E-state index in [0.717, 1.165) is 6.26 Å². The van der Waals surface area contributed by atoms with Crippen molar-refractivity contribution in [2.45, 2.75) is 13.0 Å². The first-order valence-electron chi connectivity index (χ1n) is 5.49. The highest BCUT2D eigenvalue weighted by Crippen LogP contribution is 2.29. The second kappa shape index (κ2) is 5.87. The van der Waals surface area contributed by atoms with Crippen LogP contribution >= 0.6 is 0 Å². The highest BCUT2D eigenvalue weighted by atomic mass is 32.2. The van der Waals surface area contributed by atoms with Gasteiger partial charge in [-0.2, -0.15) is 0 Å². The molecule has 7 nitrogen and oxygen atoms in total. The zero-order valence-electron chi connectivity index (χ0n) is 10.9. The van der Waals surface area contributed by atoms with Gasteiger partial charge in [-0.15, -0.1) is 0 Å². The number of nitro benzene ring substituents is 1. The molecule has 0 heterocycles. The van der Waals surface area contributed by atoms with Gasteiger partial charge in [-0.25, -0.2) is 8.42 Å². The minimum atomic E-state index is -3.13. The number of nitrogens with zero attached hydrogens (tertiary/aromatic N) is 1. The fraction of sp³-hybridized carbons (Fsp3) is 0.455. The van der Waals surface area contributed by atoms with E-state index in [9.17, 15) is 18.5 Å². The first kappa shape index (κ1) is 15.2. The highest BCUT2D eigenvalue weighted by Gasteiger charge is 2.15. The Bertz CT molecular complexity index is 570. The average Bonchev–Trinajstić information content (AvgIpc) is 2.26. The van der Waals surface area contributed by atoms with Crippen LogP contribution in [-0.4, -0.2) is 38.5 Å². The lowest BCUT2D eigenvalue weighted by atomic mass is 10.2. The van der Waals surface area contributed by atoms with E-state index in [0.29, 0.717) is 11.4 Å². The SMILES string of the molecule is COc1ccc([N+](=O)[O-])cc1NC(C)CS(C)(=O)=O. The van der Waals surface area contributed by atoms with Crippen molar-refractivity contribution in [1.29, 1.82) is 0 Å². The van der Waals surface area contributed by atoms with Gasteiger partial charge in [0.15, 0.2) is 0 Å². The third-order valence-electron chi connectivity index (χ3n) is 2.35. The molecule has 0 saturated heterocycles. The zero-order chi connectivity index (χ0) is 14.6. The molecule has 0 aliphatic rings. The predicted molar refractivity (Wildman–Crippen MR) is 72.4 cm³/mol. The van der Waals surface area contributed by atoms with Gasteiger partial charge in [0.05, 0.1) is 23.5 Å². The number of nitrogens with one attached hydrogen (secondary N) is 1. The smallest absolute Gasteiger partial charge is 0.271 e. The number of hydrogen-bond acceptors (Lipinski definition) is 6. The van der Waals surface area contributed by atoms with Gasteiger partial charge in [-0.3, -0.25) is 10.1 Å². The number of ether oxygens (including phenoxy) is 1. The van der Waals surface area contributed by atoms with Crippen molar-refractivity contribution in [3.63, 3.8) is 0 Å². The second-order valence-electron chi connectivity index (χ2n) is 4.28. The maximum absolute atomic E-state index is 11.2. The summed E-state index contributed by atoms with van der Waals surface area (Å²) in [5.41, 5.74) is 0.308. The molecule has 1 aromatic carbocycles. The van der Waals surface area contributed by atoms with Crippen molar-refractivity contribution in [3.05, 3.63) is 28.3 Å². The molecule has 0 aliphatic heterocycles. The minimum absolute atomic E-state index is 0.0706. The number of anilines is 1. The highest BCUT2D eigenvalue weighted by molar-refractivity contribution is 7.90. The number of rotatable bonds is 6. The van der Waals surface area contributed by atoms with Crippen molar-refractivity contribution >= 4 is 21.2 Å². The largest absolute Gasteiger partial charge is 0.495 e. The summed E-state index contributed by atoms with van der Waals surface area (Å²) < 4.78 is 27.4. The molecule has 1 aromatic rings. The number of methoxy groups -OCH3 is 1. The topological polar surface area (TPSA) is 98.5 Å². The minimum Gasteiger partial charge on any atom is -0.495 e. The van der Waals surface area contributed by atoms with Crippen molar-refractivity contribution in [3.8, 4) is 5.75 Å². The Morgan fingerprint density at radius 3 is 2.58 bits per heavy atom. The van der Waals surface area contributed by atoms with E-state index >= 15 is 0 Å². The Labute approximate surface area is 111 Å². The molecule has 0 aliphatic carbocycles. The van der Waals surface area contributed by atoms with Gasteiger partial charge in [-0.05, 0) is 13.0 Å². The van der Waals surface area contributed by atoms with Crippen LogP contribution in [0.25, 0.3) is 0 Å². The summed E-state index contributed by atoms with van der Waals surface area (Å²) in [5.74, 6) is 0.352. The van der Waals surface area contributed by atoms with E-state index < -0.39 is 14.8 Å². The van der Waals surface area contributed by atoms with Gasteiger partial charge in [-0.1, -0.05) is 0 Å². The molecule has 19 heavy (non-hydrogen) atoms. The van der Waals surface area contributed by atoms with E-state index in [-0.39, 0.29) is 17.5 Å². The van der Waals surface area contributed by atoms with Crippen LogP contribution in [0.1, 0.15) is 6.92 Å². The normalized spacial score (nSPS) is 12.8. The van der Waals surface area contributed by atoms with Crippen molar-refractivity contribution in [1.82, 2.24) is 0 Å². The van der Waals surface area contributed by atoms with Crippen LogP contribution in [0, 0.1) is 10.1 Å². The molecule has 0 fully saturated rings. The van der Waals surface area contributed by atoms with Crippen LogP contribution in [0.3, 0.4) is 0 Å². The van der Waals surface area contributed by atoms with E-state index in [1.165, 1.54) is 25.3 Å². The molecule has 8 heteroatoms. The van der Waals surface area contributed by atoms with Crippen molar-refractivity contribution < 1.29 is 18.1 Å². The molecule has 0 bridgehead atoms. The summed E-state index contributed by atoms with van der Waals surface area (Å²) >= 11 is 0. The summed E-state index contributed by atoms with van der Waals surface area (Å²) in [5, 5.41) is 13.6. The zero-order valence-corrected chi connectivity index (χ0v) is 11.7. The van der Waals surface area contributed by atoms with Gasteiger partial charge in [0, 0.05) is 24.4 Å². The Hall–Kier alpha value is -1.83. The Kier molecular flexibility index (Phi) is 4.71. The van der Waals surface area contributed by atoms with Gasteiger partial charge in [0.25, 0.3) is 5.69 Å². The van der Waals surface area contributed by atoms with Crippen LogP contribution in [-0.2, 0) is 9.84 Å². The number of non-ortho nitro benzene ring substituents is 1. The fourth-order valence-corrected chi connectivity index (χ4v) is 2.68. The third-order valence-corrected chi connectivity index (χ3v) is 3.45. The summed E-state index contributed by atoms with van der Waals surface area (Å²) in [7, 11) is -1.69. The molecular weight excluding hydrogens is 272 g/mol. The molecule has 1 atom stereocenters. The molecule has 1 unspecified atom stereocenters. The maximum atomic E-state index is 11.2. The Balaban J connectivity index is 2.97. The van der Waals surface area contributed by atoms with Gasteiger partial charge in [0.1, 0.15) is 15.6 Å². The average molecular weight is 288 g/mol. The first-order chi connectivity index (χ1) is 8.73. The summed E-state index contributed by atoms with van der Waals surface area (Å²) in [6, 6.07) is 3.72. The van der Waals surface area contributed by atoms with Crippen LogP contribution in [0.5, 0.6) is 5.75 Å². The molecule has 1 rings (SSSR count). The molecule has 0 spiro atoms. The number of benzene rings is 1. The molecule has 0 radical (unpaired) electrons. The Morgan fingerprint density at radius 1 is 1.47 bits per heavy atom. The van der Waals surface area contributed by atoms with Crippen LogP contribution in [0.2, 0.25) is 0 Å². The number of nitro groups is 1. The summed E-state index contributed by atoms with van der Waals surface area (Å²) in [6.07, 6.45) is 1.13. The summed E-state index contributed by atoms with van der Waals surface area (Å²) in [6.45, 7) is 1.68. The number of hydrogen-bond donors (Lipinski definition) is 1. The fourth-order valence-electron chi connectivity index (χ4n) is 1.68. The lowest BCUT2D eigenvalue weighted by Gasteiger charge is -2.16. The molecule has 0 aromatic heterocycles. The van der Waals surface area contributed by atoms with Crippen molar-refractivity contribution in [2.75, 3.05) is 24.4 Å². The Morgan fingerprint density at radius 2 is 2.11 bits per heavy atom. The number of sulfone groups is 1. The van der Waals surface area contributed by atoms with Crippen LogP contribution in [0.4, 0.5) is 11.4 Å². The molecule has 0 saturated carbocycles. The molecular formula is C11H16N2O5S. The molecule has 0 amide bonds. The van der Waals surface area contributed by atoms with E-state index in [1.54, 1.807) is 6.92 Å². The lowest BCUT2D eigenvalue weighted by molar-refractivity contribution is -0.384. The van der Waals surface area contributed by atoms with E-state index in [2.05, 4.69) is 5.32 Å². The van der Waals surface area contributed by atoms with Crippen LogP contribution < -0.4 is 10.1 Å². The third kappa shape index (κ3) is 4.74. The van der Waals surface area contributed by atoms with Gasteiger partial charge in [0.2, 0.25) is 0 Å². The van der Waals surface area contributed by atoms with Crippen molar-refractivity contribution in [2.24, 2.45) is 0 Å². The van der Waals surface area contributed by atoms with E-state index in [1.807, 2.05) is 0 Å². The molecule has 1 N–H and O–H groups in total. The first-order valence-corrected chi connectivity index (χ1v) is 7.55. The van der Waals surface area contributed by atoms with E-state index in [4.69, 9.17) is 4.74 Å². The quantitative estimate of drug-likeness (QED) is 0.628. The van der Waals surface area contributed by atoms with Gasteiger partial charge >= 0.3 is 0 Å².